The van der Waals surface area contributed by atoms with E-state index in [-0.39, 0.29) is 18.2 Å². The number of furan rings is 1. The minimum atomic E-state index is -0.551. The second kappa shape index (κ2) is 8.13. The van der Waals surface area contributed by atoms with E-state index in [9.17, 15) is 9.59 Å². The number of pyridine rings is 1. The van der Waals surface area contributed by atoms with Gasteiger partial charge in [-0.3, -0.25) is 4.79 Å². The number of methoxy groups -OCH3 is 1. The van der Waals surface area contributed by atoms with E-state index in [0.717, 1.165) is 0 Å². The summed E-state index contributed by atoms with van der Waals surface area (Å²) in [6, 6.07) is 5.29. The molecule has 0 spiro atoms. The number of anilines is 2. The van der Waals surface area contributed by atoms with Gasteiger partial charge in [-0.15, -0.1) is 0 Å². The van der Waals surface area contributed by atoms with Crippen LogP contribution < -0.4 is 10.6 Å². The molecule has 3 rings (SSSR count). The summed E-state index contributed by atoms with van der Waals surface area (Å²) in [6.07, 6.45) is 1.64. The first-order valence-electron chi connectivity index (χ1n) is 8.78. The Bertz CT molecular complexity index is 1020. The molecule has 9 nitrogen and oxygen atoms in total. The van der Waals surface area contributed by atoms with E-state index in [1.807, 2.05) is 13.0 Å². The Hall–Kier alpha value is -3.33. The van der Waals surface area contributed by atoms with Gasteiger partial charge < -0.3 is 29.5 Å². The predicted molar refractivity (Wildman–Crippen MR) is 103 cm³/mol. The van der Waals surface area contributed by atoms with E-state index in [2.05, 4.69) is 15.6 Å². The van der Waals surface area contributed by atoms with E-state index in [4.69, 9.17) is 14.3 Å². The first-order chi connectivity index (χ1) is 13.5. The van der Waals surface area contributed by atoms with Crippen LogP contribution >= 0.6 is 0 Å². The number of aliphatic hydroxyl groups excluding tert-OH is 1. The Morgan fingerprint density at radius 1 is 1.32 bits per heavy atom. The minimum Gasteiger partial charge on any atom is -0.464 e. The number of carbonyl (C=O) groups excluding carboxylic acids is 2. The lowest BCUT2D eigenvalue weighted by Gasteiger charge is -2.07. The van der Waals surface area contributed by atoms with Crippen molar-refractivity contribution in [3.05, 3.63) is 41.6 Å². The Morgan fingerprint density at radius 2 is 2.07 bits per heavy atom. The molecule has 3 N–H and O–H groups in total. The number of aliphatic hydroxyl groups is 1. The third kappa shape index (κ3) is 3.70. The van der Waals surface area contributed by atoms with Crippen molar-refractivity contribution in [2.24, 2.45) is 0 Å². The summed E-state index contributed by atoms with van der Waals surface area (Å²) >= 11 is 0. The molecule has 0 radical (unpaired) electrons. The van der Waals surface area contributed by atoms with Crippen molar-refractivity contribution in [1.29, 1.82) is 0 Å². The van der Waals surface area contributed by atoms with Gasteiger partial charge in [0.2, 0.25) is 5.91 Å². The number of nitrogens with zero attached hydrogens (tertiary/aromatic N) is 2. The summed E-state index contributed by atoms with van der Waals surface area (Å²) in [5, 5.41) is 15.6. The van der Waals surface area contributed by atoms with E-state index in [0.29, 0.717) is 47.0 Å². The molecule has 9 heteroatoms. The normalized spacial score (nSPS) is 10.9. The molecule has 0 aliphatic carbocycles. The number of hydrogen-bond donors (Lipinski definition) is 3. The van der Waals surface area contributed by atoms with Crippen molar-refractivity contribution in [3.63, 3.8) is 0 Å². The number of aromatic nitrogens is 2. The number of carbonyl (C=O) groups is 2. The molecule has 3 aromatic rings. The predicted octanol–water partition coefficient (Wildman–Crippen LogP) is 2.50. The monoisotopic (exact) mass is 386 g/mol. The molecule has 0 aliphatic rings. The van der Waals surface area contributed by atoms with Crippen LogP contribution in [0.3, 0.4) is 0 Å². The molecule has 0 saturated heterocycles. The smallest absolute Gasteiger partial charge is 0.356 e. The molecule has 0 aliphatic heterocycles. The molecular formula is C19H22N4O5. The van der Waals surface area contributed by atoms with Crippen LogP contribution in [0.25, 0.3) is 11.0 Å². The quantitative estimate of drug-likeness (QED) is 0.534. The zero-order valence-electron chi connectivity index (χ0n) is 15.9. The first-order valence-corrected chi connectivity index (χ1v) is 8.78. The number of hydrogen-bond acceptors (Lipinski definition) is 7. The molecule has 28 heavy (non-hydrogen) atoms. The Balaban J connectivity index is 2.01. The lowest BCUT2D eigenvalue weighted by atomic mass is 10.2. The van der Waals surface area contributed by atoms with Gasteiger partial charge >= 0.3 is 5.97 Å². The largest absolute Gasteiger partial charge is 0.464 e. The average Bonchev–Trinajstić information content (AvgIpc) is 3.27. The van der Waals surface area contributed by atoms with E-state index < -0.39 is 5.97 Å². The minimum absolute atomic E-state index is 0.158. The van der Waals surface area contributed by atoms with Crippen molar-refractivity contribution < 1.29 is 23.8 Å². The standard InChI is InChI=1S/C19H22N4O5/c1-4-23-17(19(26)27-3)16(22-11(2)25)15-7-12(8-21-18(15)23)20-9-13-5-6-14(10-24)28-13/h5-8,20,24H,4,9-10H2,1-3H3,(H,22,25). The van der Waals surface area contributed by atoms with Crippen LogP contribution in [-0.4, -0.2) is 33.6 Å². The Kier molecular flexibility index (Phi) is 5.65. The maximum atomic E-state index is 12.3. The van der Waals surface area contributed by atoms with Crippen LogP contribution in [0.2, 0.25) is 0 Å². The maximum absolute atomic E-state index is 12.3. The highest BCUT2D eigenvalue weighted by atomic mass is 16.5. The lowest BCUT2D eigenvalue weighted by molar-refractivity contribution is -0.114. The summed E-state index contributed by atoms with van der Waals surface area (Å²) in [4.78, 5) is 28.5. The second-order valence-corrected chi connectivity index (χ2v) is 6.12. The first kappa shape index (κ1) is 19.4. The van der Waals surface area contributed by atoms with Gasteiger partial charge in [-0.1, -0.05) is 0 Å². The molecule has 0 atom stereocenters. The van der Waals surface area contributed by atoms with E-state index >= 15 is 0 Å². The third-order valence-electron chi connectivity index (χ3n) is 4.23. The fourth-order valence-electron chi connectivity index (χ4n) is 3.03. The van der Waals surface area contributed by atoms with Crippen LogP contribution in [0, 0.1) is 0 Å². The van der Waals surface area contributed by atoms with Crippen molar-refractivity contribution in [2.75, 3.05) is 17.7 Å². The molecule has 0 aromatic carbocycles. The number of ether oxygens (including phenoxy) is 1. The number of aryl methyl sites for hydroxylation is 1. The number of amides is 1. The second-order valence-electron chi connectivity index (χ2n) is 6.12. The van der Waals surface area contributed by atoms with Gasteiger partial charge in [-0.25, -0.2) is 9.78 Å². The topological polar surface area (TPSA) is 119 Å². The molecule has 3 aromatic heterocycles. The van der Waals surface area contributed by atoms with Gasteiger partial charge in [-0.05, 0) is 25.1 Å². The number of nitrogens with one attached hydrogen (secondary N) is 2. The number of esters is 1. The van der Waals surface area contributed by atoms with Gasteiger partial charge in [-0.2, -0.15) is 0 Å². The van der Waals surface area contributed by atoms with Crippen molar-refractivity contribution in [3.8, 4) is 0 Å². The zero-order chi connectivity index (χ0) is 20.3. The van der Waals surface area contributed by atoms with Gasteiger partial charge in [0.1, 0.15) is 23.8 Å². The molecule has 0 unspecified atom stereocenters. The van der Waals surface area contributed by atoms with Crippen LogP contribution in [0.4, 0.5) is 11.4 Å². The van der Waals surface area contributed by atoms with Crippen molar-refractivity contribution in [2.45, 2.75) is 33.5 Å². The fourth-order valence-corrected chi connectivity index (χ4v) is 3.03. The summed E-state index contributed by atoms with van der Waals surface area (Å²) in [5.41, 5.74) is 1.87. The Morgan fingerprint density at radius 3 is 2.68 bits per heavy atom. The SMILES string of the molecule is CCn1c(C(=O)OC)c(NC(C)=O)c2cc(NCc3ccc(CO)o3)cnc21. The molecule has 1 amide bonds. The summed E-state index contributed by atoms with van der Waals surface area (Å²) in [6.45, 7) is 3.97. The average molecular weight is 386 g/mol. The van der Waals surface area contributed by atoms with E-state index in [1.165, 1.54) is 14.0 Å². The van der Waals surface area contributed by atoms with Crippen LogP contribution in [-0.2, 0) is 29.2 Å². The van der Waals surface area contributed by atoms with Gasteiger partial charge in [0.05, 0.1) is 31.2 Å². The summed E-state index contributed by atoms with van der Waals surface area (Å²) < 4.78 is 12.0. The third-order valence-corrected chi connectivity index (χ3v) is 4.23. The molecule has 0 fully saturated rings. The fraction of sp³-hybridized carbons (Fsp3) is 0.316. The van der Waals surface area contributed by atoms with Crippen molar-refractivity contribution >= 4 is 34.3 Å². The Labute approximate surface area is 161 Å². The highest BCUT2D eigenvalue weighted by Crippen LogP contribution is 2.32. The van der Waals surface area contributed by atoms with Crippen LogP contribution in [0.15, 0.2) is 28.8 Å². The highest BCUT2D eigenvalue weighted by molar-refractivity contribution is 6.10. The lowest BCUT2D eigenvalue weighted by Crippen LogP contribution is -2.14. The summed E-state index contributed by atoms with van der Waals surface area (Å²) in [5.74, 6) is 0.296. The van der Waals surface area contributed by atoms with Crippen LogP contribution in [0.5, 0.6) is 0 Å². The molecule has 0 bridgehead atoms. The molecule has 148 valence electrons. The molecule has 0 saturated carbocycles. The van der Waals surface area contributed by atoms with Gasteiger partial charge in [0.15, 0.2) is 5.69 Å². The molecular weight excluding hydrogens is 364 g/mol. The maximum Gasteiger partial charge on any atom is 0.356 e. The van der Waals surface area contributed by atoms with E-state index in [1.54, 1.807) is 22.9 Å². The number of fused-ring (bicyclic) bond motifs is 1. The van der Waals surface area contributed by atoms with Gasteiger partial charge in [0, 0.05) is 18.9 Å². The van der Waals surface area contributed by atoms with Gasteiger partial charge in [0.25, 0.3) is 0 Å². The van der Waals surface area contributed by atoms with Crippen molar-refractivity contribution in [1.82, 2.24) is 9.55 Å². The molecule has 3 heterocycles. The number of rotatable bonds is 7. The zero-order valence-corrected chi connectivity index (χ0v) is 15.9. The highest BCUT2D eigenvalue weighted by Gasteiger charge is 2.24. The van der Waals surface area contributed by atoms with Crippen LogP contribution in [0.1, 0.15) is 35.9 Å². The summed E-state index contributed by atoms with van der Waals surface area (Å²) in [7, 11) is 1.29.